The minimum Gasteiger partial charge on any atom is -0.496 e. The molecule has 0 radical (unpaired) electrons. The molecule has 2 heterocycles. The molecule has 1 aromatic carbocycles. The first-order valence-corrected chi connectivity index (χ1v) is 9.41. The van der Waals surface area contributed by atoms with E-state index in [4.69, 9.17) is 4.74 Å². The highest BCUT2D eigenvalue weighted by Crippen LogP contribution is 2.31. The lowest BCUT2D eigenvalue weighted by Crippen LogP contribution is -2.41. The zero-order valence-corrected chi connectivity index (χ0v) is 16.8. The highest BCUT2D eigenvalue weighted by Gasteiger charge is 2.41. The summed E-state index contributed by atoms with van der Waals surface area (Å²) in [4.78, 5) is 32.1. The van der Waals surface area contributed by atoms with Crippen molar-refractivity contribution in [3.63, 3.8) is 0 Å². The molecule has 9 heteroatoms. The van der Waals surface area contributed by atoms with Crippen molar-refractivity contribution in [2.75, 3.05) is 25.1 Å². The van der Waals surface area contributed by atoms with Gasteiger partial charge >= 0.3 is 12.2 Å². The van der Waals surface area contributed by atoms with E-state index in [1.165, 1.54) is 23.0 Å². The van der Waals surface area contributed by atoms with Crippen molar-refractivity contribution in [1.82, 2.24) is 9.88 Å². The van der Waals surface area contributed by atoms with E-state index in [0.29, 0.717) is 11.3 Å². The van der Waals surface area contributed by atoms with E-state index in [2.05, 4.69) is 4.98 Å². The first kappa shape index (κ1) is 21.6. The maximum Gasteiger partial charge on any atom is 0.433 e. The Morgan fingerprint density at radius 3 is 2.50 bits per heavy atom. The van der Waals surface area contributed by atoms with Gasteiger partial charge in [-0.25, -0.2) is 9.78 Å². The third-order valence-electron chi connectivity index (χ3n) is 5.09. The summed E-state index contributed by atoms with van der Waals surface area (Å²) in [5.74, 6) is 0.171. The van der Waals surface area contributed by atoms with Gasteiger partial charge in [0.15, 0.2) is 5.78 Å². The number of para-hydroxylation sites is 1. The van der Waals surface area contributed by atoms with Gasteiger partial charge in [-0.1, -0.05) is 26.0 Å². The number of amides is 2. The number of anilines is 1. The fraction of sp³-hybridized carbons (Fsp3) is 0.381. The largest absolute Gasteiger partial charge is 0.496 e. The van der Waals surface area contributed by atoms with Gasteiger partial charge in [-0.2, -0.15) is 13.2 Å². The number of rotatable bonds is 6. The average molecular weight is 421 g/mol. The second kappa shape index (κ2) is 8.33. The lowest BCUT2D eigenvalue weighted by atomic mass is 10.0. The highest BCUT2D eigenvalue weighted by molar-refractivity contribution is 6.03. The van der Waals surface area contributed by atoms with Crippen LogP contribution in [-0.2, 0) is 6.18 Å². The number of carbonyl (C=O) groups excluding carboxylic acids is 2. The van der Waals surface area contributed by atoms with E-state index in [1.807, 2.05) is 13.8 Å². The second-order valence-electron chi connectivity index (χ2n) is 7.36. The van der Waals surface area contributed by atoms with Gasteiger partial charge in [-0.05, 0) is 30.2 Å². The lowest BCUT2D eigenvalue weighted by molar-refractivity contribution is -0.141. The SMILES string of the molecule is COc1ccccc1C(=O)CN1C(=O)N(c2ccc(C(F)(F)F)nc2)C[C@@H]1C(C)C. The maximum atomic E-state index is 13.0. The number of alkyl halides is 3. The van der Waals surface area contributed by atoms with Crippen LogP contribution in [0.3, 0.4) is 0 Å². The molecule has 1 aliphatic rings. The molecule has 1 saturated heterocycles. The number of benzene rings is 1. The molecule has 160 valence electrons. The molecular formula is C21H22F3N3O3. The van der Waals surface area contributed by atoms with Crippen LogP contribution in [0.2, 0.25) is 0 Å². The quantitative estimate of drug-likeness (QED) is 0.654. The summed E-state index contributed by atoms with van der Waals surface area (Å²) in [7, 11) is 1.46. The molecule has 0 bridgehead atoms. The fourth-order valence-corrected chi connectivity index (χ4v) is 3.46. The number of urea groups is 1. The van der Waals surface area contributed by atoms with Crippen molar-refractivity contribution in [2.45, 2.75) is 26.1 Å². The number of halogens is 3. The van der Waals surface area contributed by atoms with Gasteiger partial charge in [0.05, 0.1) is 37.1 Å². The van der Waals surface area contributed by atoms with Crippen LogP contribution in [0.15, 0.2) is 42.6 Å². The first-order valence-electron chi connectivity index (χ1n) is 9.41. The maximum absolute atomic E-state index is 13.0. The van der Waals surface area contributed by atoms with Crippen molar-refractivity contribution in [2.24, 2.45) is 5.92 Å². The van der Waals surface area contributed by atoms with Crippen LogP contribution < -0.4 is 9.64 Å². The lowest BCUT2D eigenvalue weighted by Gasteiger charge is -2.25. The molecule has 0 N–H and O–H groups in total. The predicted molar refractivity (Wildman–Crippen MR) is 105 cm³/mol. The summed E-state index contributed by atoms with van der Waals surface area (Å²) in [6, 6.07) is 8.08. The van der Waals surface area contributed by atoms with Crippen LogP contribution in [0, 0.1) is 5.92 Å². The number of nitrogens with zero attached hydrogens (tertiary/aromatic N) is 3. The Hall–Kier alpha value is -3.10. The number of carbonyl (C=O) groups is 2. The first-order chi connectivity index (χ1) is 14.1. The molecule has 1 atom stereocenters. The van der Waals surface area contributed by atoms with Crippen LogP contribution in [0.25, 0.3) is 0 Å². The number of pyridine rings is 1. The summed E-state index contributed by atoms with van der Waals surface area (Å²) in [5.41, 5.74) is -0.405. The van der Waals surface area contributed by atoms with Crippen molar-refractivity contribution in [3.8, 4) is 5.75 Å². The van der Waals surface area contributed by atoms with E-state index in [-0.39, 0.29) is 36.5 Å². The van der Waals surface area contributed by atoms with E-state index in [0.717, 1.165) is 12.3 Å². The Balaban J connectivity index is 1.84. The van der Waals surface area contributed by atoms with Gasteiger partial charge in [0.2, 0.25) is 0 Å². The van der Waals surface area contributed by atoms with Crippen molar-refractivity contribution < 1.29 is 27.5 Å². The smallest absolute Gasteiger partial charge is 0.433 e. The van der Waals surface area contributed by atoms with Crippen LogP contribution in [-0.4, -0.2) is 47.9 Å². The molecule has 0 spiro atoms. The summed E-state index contributed by atoms with van der Waals surface area (Å²) < 4.78 is 43.5. The van der Waals surface area contributed by atoms with E-state index >= 15 is 0 Å². The highest BCUT2D eigenvalue weighted by atomic mass is 19.4. The predicted octanol–water partition coefficient (Wildman–Crippen LogP) is 4.26. The van der Waals surface area contributed by atoms with Crippen LogP contribution in [0.4, 0.5) is 23.7 Å². The molecule has 3 rings (SSSR count). The summed E-state index contributed by atoms with van der Waals surface area (Å²) in [6.07, 6.45) is -3.52. The van der Waals surface area contributed by atoms with E-state index in [1.54, 1.807) is 24.3 Å². The molecule has 1 aromatic heterocycles. The van der Waals surface area contributed by atoms with Crippen LogP contribution in [0.1, 0.15) is 29.9 Å². The topological polar surface area (TPSA) is 62.7 Å². The van der Waals surface area contributed by atoms with Gasteiger partial charge in [0.25, 0.3) is 0 Å². The number of Topliss-reactive ketones (excluding diaryl/α,β-unsaturated/α-hetero) is 1. The summed E-state index contributed by atoms with van der Waals surface area (Å²) in [5, 5.41) is 0. The third kappa shape index (κ3) is 4.24. The third-order valence-corrected chi connectivity index (χ3v) is 5.09. The molecule has 1 fully saturated rings. The summed E-state index contributed by atoms with van der Waals surface area (Å²) in [6.45, 7) is 3.94. The zero-order valence-electron chi connectivity index (χ0n) is 16.8. The van der Waals surface area contributed by atoms with Gasteiger partial charge in [0.1, 0.15) is 11.4 Å². The molecular weight excluding hydrogens is 399 g/mol. The Labute approximate surface area is 172 Å². The molecule has 2 amide bonds. The molecule has 1 aliphatic heterocycles. The molecule has 0 aliphatic carbocycles. The van der Waals surface area contributed by atoms with Crippen LogP contribution in [0.5, 0.6) is 5.75 Å². The number of ether oxygens (including phenoxy) is 1. The monoisotopic (exact) mass is 421 g/mol. The zero-order chi connectivity index (χ0) is 22.1. The van der Waals surface area contributed by atoms with Gasteiger partial charge in [-0.15, -0.1) is 0 Å². The number of ketones is 1. The van der Waals surface area contributed by atoms with Gasteiger partial charge in [0, 0.05) is 6.54 Å². The van der Waals surface area contributed by atoms with Gasteiger partial charge in [-0.3, -0.25) is 9.69 Å². The number of hydrogen-bond acceptors (Lipinski definition) is 4. The van der Waals surface area contributed by atoms with Crippen LogP contribution >= 0.6 is 0 Å². The number of hydrogen-bond donors (Lipinski definition) is 0. The second-order valence-corrected chi connectivity index (χ2v) is 7.36. The normalized spacial score (nSPS) is 17.0. The van der Waals surface area contributed by atoms with Crippen molar-refractivity contribution in [1.29, 1.82) is 0 Å². The average Bonchev–Trinajstić information content (AvgIpc) is 3.04. The Bertz CT molecular complexity index is 929. The number of methoxy groups -OCH3 is 1. The molecule has 0 saturated carbocycles. The molecule has 6 nitrogen and oxygen atoms in total. The van der Waals surface area contributed by atoms with E-state index in [9.17, 15) is 22.8 Å². The van der Waals surface area contributed by atoms with Crippen molar-refractivity contribution >= 4 is 17.5 Å². The standard InChI is InChI=1S/C21H22F3N3O3/c1-13(2)16-11-26(14-8-9-19(25-10-14)21(22,23)24)20(29)27(16)12-17(28)15-6-4-5-7-18(15)30-3/h4-10,13,16H,11-12H2,1-3H3/t16-/m1/s1. The molecule has 2 aromatic rings. The fourth-order valence-electron chi connectivity index (χ4n) is 3.46. The van der Waals surface area contributed by atoms with E-state index < -0.39 is 17.9 Å². The van der Waals surface area contributed by atoms with Gasteiger partial charge < -0.3 is 9.64 Å². The molecule has 30 heavy (non-hydrogen) atoms. The Morgan fingerprint density at radius 1 is 1.23 bits per heavy atom. The number of aromatic nitrogens is 1. The molecule has 0 unspecified atom stereocenters. The minimum absolute atomic E-state index is 0.0341. The Morgan fingerprint density at radius 2 is 1.93 bits per heavy atom. The van der Waals surface area contributed by atoms with Crippen molar-refractivity contribution in [3.05, 3.63) is 53.9 Å². The Kier molecular flexibility index (Phi) is 6.00. The minimum atomic E-state index is -4.55. The summed E-state index contributed by atoms with van der Waals surface area (Å²) >= 11 is 0.